The highest BCUT2D eigenvalue weighted by molar-refractivity contribution is 5.79. The summed E-state index contributed by atoms with van der Waals surface area (Å²) in [7, 11) is 1.08. The summed E-state index contributed by atoms with van der Waals surface area (Å²) in [5.41, 5.74) is 4.01. The number of esters is 1. The maximum atomic E-state index is 13.9. The van der Waals surface area contributed by atoms with E-state index in [1.807, 2.05) is 0 Å². The van der Waals surface area contributed by atoms with Crippen LogP contribution in [0.3, 0.4) is 0 Å². The summed E-state index contributed by atoms with van der Waals surface area (Å²) in [6, 6.07) is -0.671. The summed E-state index contributed by atoms with van der Waals surface area (Å²) in [5.74, 6) is -7.20. The Morgan fingerprint density at radius 2 is 2.14 bits per heavy atom. The van der Waals surface area contributed by atoms with Crippen LogP contribution in [0.15, 0.2) is 12.1 Å². The average molecular weight is 320 g/mol. The second-order valence-electron chi connectivity index (χ2n) is 4.17. The van der Waals surface area contributed by atoms with Gasteiger partial charge in [0.05, 0.1) is 18.6 Å². The third-order valence-electron chi connectivity index (χ3n) is 2.79. The lowest BCUT2D eigenvalue weighted by molar-refractivity contribution is -0.386. The number of rotatable bonds is 6. The molecule has 0 saturated carbocycles. The predicted molar refractivity (Wildman–Crippen MR) is 69.8 cm³/mol. The fraction of sp³-hybridized carbons (Fsp3) is 0.417. The smallest absolute Gasteiger partial charge is 0.379 e. The third-order valence-corrected chi connectivity index (χ3v) is 2.79. The number of benzene rings is 1. The standard InChI is InChI=1S/C12H14F2N2O6/c1-3-22-11(18)12(13,14)10(15)6-4-7(16(19)20)9(17)8(5-6)21-2/h4-5,10,17H,3,15H2,1-2H3/t10-/m1/s1. The van der Waals surface area contributed by atoms with Crippen molar-refractivity contribution in [3.8, 4) is 11.5 Å². The summed E-state index contributed by atoms with van der Waals surface area (Å²) >= 11 is 0. The Morgan fingerprint density at radius 1 is 1.55 bits per heavy atom. The Kier molecular flexibility index (Phi) is 5.20. The second-order valence-corrected chi connectivity index (χ2v) is 4.17. The molecule has 1 atom stereocenters. The topological polar surface area (TPSA) is 125 Å². The molecule has 1 rings (SSSR count). The quantitative estimate of drug-likeness (QED) is 0.462. The molecular weight excluding hydrogens is 306 g/mol. The minimum absolute atomic E-state index is 0.278. The Balaban J connectivity index is 3.34. The normalized spacial score (nSPS) is 12.6. The fourth-order valence-corrected chi connectivity index (χ4v) is 1.65. The van der Waals surface area contributed by atoms with Gasteiger partial charge in [0.15, 0.2) is 5.75 Å². The number of nitrogens with zero attached hydrogens (tertiary/aromatic N) is 1. The van der Waals surface area contributed by atoms with Crippen molar-refractivity contribution < 1.29 is 33.1 Å². The Morgan fingerprint density at radius 3 is 2.59 bits per heavy atom. The van der Waals surface area contributed by atoms with Gasteiger partial charge in [-0.05, 0) is 18.6 Å². The number of phenols is 1. The SMILES string of the molecule is CCOC(=O)C(F)(F)[C@H](N)c1cc(OC)c(O)c([N+](=O)[O-])c1. The monoisotopic (exact) mass is 320 g/mol. The first kappa shape index (κ1) is 17.6. The number of nitro groups is 1. The Labute approximate surface area is 123 Å². The number of phenolic OH excluding ortho intramolecular Hbond substituents is 1. The molecule has 0 saturated heterocycles. The van der Waals surface area contributed by atoms with Gasteiger partial charge in [0, 0.05) is 6.07 Å². The van der Waals surface area contributed by atoms with Gasteiger partial charge in [-0.15, -0.1) is 0 Å². The molecule has 122 valence electrons. The van der Waals surface area contributed by atoms with E-state index in [0.717, 1.165) is 13.2 Å². The maximum absolute atomic E-state index is 13.9. The summed E-state index contributed by atoms with van der Waals surface area (Å²) in [6.45, 7) is 1.06. The molecular formula is C12H14F2N2O6. The highest BCUT2D eigenvalue weighted by Gasteiger charge is 2.48. The van der Waals surface area contributed by atoms with E-state index in [1.54, 1.807) is 0 Å². The fourth-order valence-electron chi connectivity index (χ4n) is 1.65. The van der Waals surface area contributed by atoms with Crippen LogP contribution >= 0.6 is 0 Å². The summed E-state index contributed by atoms with van der Waals surface area (Å²) in [5, 5.41) is 20.4. The predicted octanol–water partition coefficient (Wildman–Crippen LogP) is 1.51. The molecule has 0 fully saturated rings. The maximum Gasteiger partial charge on any atom is 0.379 e. The van der Waals surface area contributed by atoms with Crippen LogP contribution in [-0.2, 0) is 9.53 Å². The number of alkyl halides is 2. The molecule has 0 bridgehead atoms. The van der Waals surface area contributed by atoms with Gasteiger partial charge in [0.25, 0.3) is 0 Å². The van der Waals surface area contributed by atoms with Crippen LogP contribution in [0.4, 0.5) is 14.5 Å². The number of nitrogens with two attached hydrogens (primary N) is 1. The van der Waals surface area contributed by atoms with Gasteiger partial charge < -0.3 is 20.3 Å². The molecule has 0 heterocycles. The number of ether oxygens (including phenoxy) is 2. The van der Waals surface area contributed by atoms with Gasteiger partial charge in [-0.1, -0.05) is 0 Å². The number of hydrogen-bond donors (Lipinski definition) is 2. The molecule has 0 spiro atoms. The molecule has 0 radical (unpaired) electrons. The zero-order valence-corrected chi connectivity index (χ0v) is 11.7. The summed E-state index contributed by atoms with van der Waals surface area (Å²) in [6.07, 6.45) is 0. The lowest BCUT2D eigenvalue weighted by Gasteiger charge is -2.22. The molecule has 22 heavy (non-hydrogen) atoms. The minimum atomic E-state index is -4.11. The molecule has 0 unspecified atom stereocenters. The van der Waals surface area contributed by atoms with Crippen molar-refractivity contribution >= 4 is 11.7 Å². The minimum Gasteiger partial charge on any atom is -0.500 e. The molecule has 1 aromatic carbocycles. The Bertz CT molecular complexity index is 593. The van der Waals surface area contributed by atoms with Gasteiger partial charge >= 0.3 is 17.6 Å². The zero-order valence-electron chi connectivity index (χ0n) is 11.7. The van der Waals surface area contributed by atoms with Crippen LogP contribution in [-0.4, -0.2) is 35.6 Å². The van der Waals surface area contributed by atoms with E-state index in [0.29, 0.717) is 6.07 Å². The number of hydrogen-bond acceptors (Lipinski definition) is 7. The first-order chi connectivity index (χ1) is 10.2. The highest BCUT2D eigenvalue weighted by atomic mass is 19.3. The second kappa shape index (κ2) is 6.52. The van der Waals surface area contributed by atoms with Gasteiger partial charge in [-0.2, -0.15) is 8.78 Å². The van der Waals surface area contributed by atoms with Crippen molar-refractivity contribution in [3.05, 3.63) is 27.8 Å². The van der Waals surface area contributed by atoms with Crippen molar-refractivity contribution in [2.24, 2.45) is 5.73 Å². The largest absolute Gasteiger partial charge is 0.500 e. The summed E-state index contributed by atoms with van der Waals surface area (Å²) in [4.78, 5) is 21.1. The lowest BCUT2D eigenvalue weighted by atomic mass is 10.00. The van der Waals surface area contributed by atoms with Crippen molar-refractivity contribution in [2.75, 3.05) is 13.7 Å². The Hall–Kier alpha value is -2.49. The highest BCUT2D eigenvalue weighted by Crippen LogP contribution is 2.41. The lowest BCUT2D eigenvalue weighted by Crippen LogP contribution is -2.41. The molecule has 8 nitrogen and oxygen atoms in total. The van der Waals surface area contributed by atoms with Crippen molar-refractivity contribution in [1.29, 1.82) is 0 Å². The molecule has 1 aromatic rings. The van der Waals surface area contributed by atoms with E-state index in [-0.39, 0.29) is 6.61 Å². The molecule has 3 N–H and O–H groups in total. The van der Waals surface area contributed by atoms with Gasteiger partial charge in [0.1, 0.15) is 6.04 Å². The van der Waals surface area contributed by atoms with Crippen LogP contribution in [0, 0.1) is 10.1 Å². The van der Waals surface area contributed by atoms with Crippen molar-refractivity contribution in [1.82, 2.24) is 0 Å². The zero-order chi connectivity index (χ0) is 17.1. The number of carbonyl (C=O) groups excluding carboxylic acids is 1. The van der Waals surface area contributed by atoms with E-state index >= 15 is 0 Å². The number of carbonyl (C=O) groups is 1. The number of halogens is 2. The van der Waals surface area contributed by atoms with Crippen molar-refractivity contribution in [2.45, 2.75) is 18.9 Å². The first-order valence-corrected chi connectivity index (χ1v) is 6.02. The van der Waals surface area contributed by atoms with Crippen molar-refractivity contribution in [3.63, 3.8) is 0 Å². The number of aromatic hydroxyl groups is 1. The van der Waals surface area contributed by atoms with E-state index in [1.165, 1.54) is 6.92 Å². The molecule has 0 aliphatic carbocycles. The van der Waals surface area contributed by atoms with Crippen LogP contribution < -0.4 is 10.5 Å². The molecule has 10 heteroatoms. The summed E-state index contributed by atoms with van der Waals surface area (Å²) < 4.78 is 36.7. The molecule has 0 aromatic heterocycles. The average Bonchev–Trinajstić information content (AvgIpc) is 2.46. The number of methoxy groups -OCH3 is 1. The number of nitro benzene ring substituents is 1. The molecule has 0 aliphatic rings. The molecule has 0 amide bonds. The van der Waals surface area contributed by atoms with E-state index in [4.69, 9.17) is 5.73 Å². The van der Waals surface area contributed by atoms with Crippen LogP contribution in [0.25, 0.3) is 0 Å². The van der Waals surface area contributed by atoms with E-state index in [2.05, 4.69) is 9.47 Å². The van der Waals surface area contributed by atoms with Crippen LogP contribution in [0.2, 0.25) is 0 Å². The molecule has 0 aliphatic heterocycles. The first-order valence-electron chi connectivity index (χ1n) is 6.02. The van der Waals surface area contributed by atoms with Gasteiger partial charge in [-0.25, -0.2) is 4.79 Å². The van der Waals surface area contributed by atoms with E-state index < -0.39 is 45.6 Å². The van der Waals surface area contributed by atoms with Gasteiger partial charge in [-0.3, -0.25) is 10.1 Å². The van der Waals surface area contributed by atoms with Crippen LogP contribution in [0.1, 0.15) is 18.5 Å². The van der Waals surface area contributed by atoms with E-state index in [9.17, 15) is 28.8 Å². The third kappa shape index (κ3) is 3.22. The van der Waals surface area contributed by atoms with Crippen LogP contribution in [0.5, 0.6) is 11.5 Å². The van der Waals surface area contributed by atoms with Gasteiger partial charge in [0.2, 0.25) is 5.75 Å².